The fraction of sp³-hybridized carbons (Fsp3) is 0.357. The molecule has 1 N–H and O–H groups in total. The van der Waals surface area contributed by atoms with Gasteiger partial charge in [0.15, 0.2) is 0 Å². The highest BCUT2D eigenvalue weighted by Crippen LogP contribution is 2.26. The molecule has 2 heterocycles. The van der Waals surface area contributed by atoms with E-state index >= 15 is 0 Å². The highest BCUT2D eigenvalue weighted by molar-refractivity contribution is 9.10. The lowest BCUT2D eigenvalue weighted by Crippen LogP contribution is -2.50. The summed E-state index contributed by atoms with van der Waals surface area (Å²) in [4.78, 5) is 11.0. The molecule has 0 aliphatic carbocycles. The van der Waals surface area contributed by atoms with Crippen molar-refractivity contribution in [2.75, 3.05) is 24.5 Å². The van der Waals surface area contributed by atoms with Gasteiger partial charge in [-0.3, -0.25) is 0 Å². The minimum Gasteiger partial charge on any atom is -0.353 e. The Balaban J connectivity index is 1.97. The van der Waals surface area contributed by atoms with E-state index in [1.807, 2.05) is 18.2 Å². The van der Waals surface area contributed by atoms with Crippen molar-refractivity contribution in [1.82, 2.24) is 15.3 Å². The number of rotatable bonds is 2. The molecule has 102 valence electrons. The van der Waals surface area contributed by atoms with Crippen LogP contribution in [0.1, 0.15) is 6.42 Å². The lowest BCUT2D eigenvalue weighted by atomic mass is 10.1. The number of aromatic nitrogens is 2. The molecule has 20 heavy (non-hydrogen) atoms. The summed E-state index contributed by atoms with van der Waals surface area (Å²) in [6, 6.07) is 8.44. The molecule has 1 aromatic heterocycles. The maximum absolute atomic E-state index is 8.84. The Bertz CT molecular complexity index is 666. The number of benzene rings is 1. The topological polar surface area (TPSA) is 64.8 Å². The van der Waals surface area contributed by atoms with Crippen molar-refractivity contribution < 1.29 is 0 Å². The first-order valence-corrected chi connectivity index (χ1v) is 7.33. The van der Waals surface area contributed by atoms with Gasteiger partial charge in [0, 0.05) is 35.5 Å². The van der Waals surface area contributed by atoms with Gasteiger partial charge in [-0.15, -0.1) is 0 Å². The molecule has 6 heteroatoms. The van der Waals surface area contributed by atoms with Crippen molar-refractivity contribution in [2.45, 2.75) is 12.5 Å². The summed E-state index contributed by atoms with van der Waals surface area (Å²) in [5.41, 5.74) is 0.938. The van der Waals surface area contributed by atoms with Gasteiger partial charge in [0.25, 0.3) is 0 Å². The molecule has 0 saturated carbocycles. The van der Waals surface area contributed by atoms with E-state index in [0.29, 0.717) is 6.42 Å². The second-order valence-corrected chi connectivity index (χ2v) is 5.73. The highest BCUT2D eigenvalue weighted by Gasteiger charge is 2.21. The molecule has 1 aromatic carbocycles. The third-order valence-corrected chi connectivity index (χ3v) is 3.96. The lowest BCUT2D eigenvalue weighted by molar-refractivity contribution is 0.461. The first kappa shape index (κ1) is 13.3. The van der Waals surface area contributed by atoms with E-state index in [1.165, 1.54) is 0 Å². The van der Waals surface area contributed by atoms with Crippen LogP contribution < -0.4 is 10.2 Å². The summed E-state index contributed by atoms with van der Waals surface area (Å²) >= 11 is 3.50. The molecule has 0 bridgehead atoms. The summed E-state index contributed by atoms with van der Waals surface area (Å²) in [5.74, 6) is 0.945. The van der Waals surface area contributed by atoms with Crippen LogP contribution in [-0.2, 0) is 0 Å². The molecule has 5 nitrogen and oxygen atoms in total. The van der Waals surface area contributed by atoms with E-state index in [-0.39, 0.29) is 6.04 Å². The normalized spacial score (nSPS) is 19.0. The smallest absolute Gasteiger partial charge is 0.140 e. The number of nitriles is 1. The van der Waals surface area contributed by atoms with E-state index in [2.05, 4.69) is 42.2 Å². The molecule has 1 unspecified atom stereocenters. The van der Waals surface area contributed by atoms with Crippen molar-refractivity contribution >= 4 is 32.7 Å². The number of nitrogens with zero attached hydrogens (tertiary/aromatic N) is 4. The number of piperazine rings is 1. The standard InChI is InChI=1S/C14H14BrN5/c15-10-1-2-13-12(7-10)14(19-9-18-13)20-6-5-17-11(8-20)3-4-16/h1-2,7,9,11,17H,3,5-6,8H2. The number of halogens is 1. The molecular weight excluding hydrogens is 318 g/mol. The van der Waals surface area contributed by atoms with Crippen LogP contribution in [0.3, 0.4) is 0 Å². The van der Waals surface area contributed by atoms with Crippen LogP contribution in [0.4, 0.5) is 5.82 Å². The molecule has 1 atom stereocenters. The van der Waals surface area contributed by atoms with Crippen molar-refractivity contribution in [1.29, 1.82) is 5.26 Å². The van der Waals surface area contributed by atoms with Crippen LogP contribution >= 0.6 is 15.9 Å². The van der Waals surface area contributed by atoms with Gasteiger partial charge in [0.2, 0.25) is 0 Å². The van der Waals surface area contributed by atoms with Gasteiger partial charge in [0.05, 0.1) is 18.0 Å². The predicted octanol–water partition coefficient (Wildman–Crippen LogP) is 2.08. The highest BCUT2D eigenvalue weighted by atomic mass is 79.9. The van der Waals surface area contributed by atoms with Crippen LogP contribution in [0.2, 0.25) is 0 Å². The maximum atomic E-state index is 8.84. The first-order valence-electron chi connectivity index (χ1n) is 6.53. The first-order chi connectivity index (χ1) is 9.78. The second-order valence-electron chi connectivity index (χ2n) is 4.82. The monoisotopic (exact) mass is 331 g/mol. The number of hydrogen-bond donors (Lipinski definition) is 1. The molecule has 0 amide bonds. The van der Waals surface area contributed by atoms with Gasteiger partial charge in [-0.05, 0) is 18.2 Å². The molecule has 0 radical (unpaired) electrons. The average Bonchev–Trinajstić information content (AvgIpc) is 2.47. The zero-order chi connectivity index (χ0) is 13.9. The van der Waals surface area contributed by atoms with Gasteiger partial charge in [-0.25, -0.2) is 9.97 Å². The van der Waals surface area contributed by atoms with Crippen LogP contribution in [0, 0.1) is 11.3 Å². The molecule has 1 aliphatic rings. The third kappa shape index (κ3) is 2.60. The second kappa shape index (κ2) is 5.73. The number of hydrogen-bond acceptors (Lipinski definition) is 5. The van der Waals surface area contributed by atoms with E-state index in [1.54, 1.807) is 6.33 Å². The summed E-state index contributed by atoms with van der Waals surface area (Å²) in [7, 11) is 0. The molecule has 1 fully saturated rings. The van der Waals surface area contributed by atoms with Crippen LogP contribution in [0.5, 0.6) is 0 Å². The summed E-state index contributed by atoms with van der Waals surface area (Å²) in [6.07, 6.45) is 2.12. The van der Waals surface area contributed by atoms with Gasteiger partial charge in [-0.2, -0.15) is 5.26 Å². The third-order valence-electron chi connectivity index (χ3n) is 3.47. The summed E-state index contributed by atoms with van der Waals surface area (Å²) < 4.78 is 1.02. The Morgan fingerprint density at radius 2 is 2.35 bits per heavy atom. The summed E-state index contributed by atoms with van der Waals surface area (Å²) in [5, 5.41) is 13.2. The Hall–Kier alpha value is -1.71. The molecule has 3 rings (SSSR count). The van der Waals surface area contributed by atoms with Gasteiger partial charge in [0.1, 0.15) is 12.1 Å². The van der Waals surface area contributed by atoms with Crippen molar-refractivity contribution in [3.8, 4) is 6.07 Å². The number of anilines is 1. The minimum atomic E-state index is 0.200. The minimum absolute atomic E-state index is 0.200. The zero-order valence-electron chi connectivity index (χ0n) is 10.9. The quantitative estimate of drug-likeness (QED) is 0.912. The number of fused-ring (bicyclic) bond motifs is 1. The van der Waals surface area contributed by atoms with Gasteiger partial charge >= 0.3 is 0 Å². The van der Waals surface area contributed by atoms with Gasteiger partial charge < -0.3 is 10.2 Å². The summed E-state index contributed by atoms with van der Waals surface area (Å²) in [6.45, 7) is 2.55. The Kier molecular flexibility index (Phi) is 3.81. The van der Waals surface area contributed by atoms with E-state index in [9.17, 15) is 0 Å². The number of nitrogens with one attached hydrogen (secondary N) is 1. The molecule has 1 aliphatic heterocycles. The predicted molar refractivity (Wildman–Crippen MR) is 81.5 cm³/mol. The fourth-order valence-electron chi connectivity index (χ4n) is 2.53. The fourth-order valence-corrected chi connectivity index (χ4v) is 2.89. The van der Waals surface area contributed by atoms with Crippen molar-refractivity contribution in [3.05, 3.63) is 29.0 Å². The van der Waals surface area contributed by atoms with Crippen molar-refractivity contribution in [2.24, 2.45) is 0 Å². The largest absolute Gasteiger partial charge is 0.353 e. The molecular formula is C14H14BrN5. The molecule has 1 saturated heterocycles. The Morgan fingerprint density at radius 1 is 1.45 bits per heavy atom. The molecule has 2 aromatic rings. The lowest BCUT2D eigenvalue weighted by Gasteiger charge is -2.34. The maximum Gasteiger partial charge on any atom is 0.140 e. The van der Waals surface area contributed by atoms with Crippen LogP contribution in [0.15, 0.2) is 29.0 Å². The Morgan fingerprint density at radius 3 is 3.20 bits per heavy atom. The zero-order valence-corrected chi connectivity index (χ0v) is 12.5. The molecule has 0 spiro atoms. The van der Waals surface area contributed by atoms with Crippen LogP contribution in [-0.4, -0.2) is 35.6 Å². The SMILES string of the molecule is N#CCC1CN(c2ncnc3ccc(Br)cc23)CCN1. The van der Waals surface area contributed by atoms with E-state index in [4.69, 9.17) is 5.26 Å². The Labute approximate surface area is 125 Å². The van der Waals surface area contributed by atoms with Crippen LogP contribution in [0.25, 0.3) is 10.9 Å². The average molecular weight is 332 g/mol. The van der Waals surface area contributed by atoms with Gasteiger partial charge in [-0.1, -0.05) is 15.9 Å². The van der Waals surface area contributed by atoms with E-state index < -0.39 is 0 Å². The van der Waals surface area contributed by atoms with E-state index in [0.717, 1.165) is 40.8 Å². The van der Waals surface area contributed by atoms with Crippen molar-refractivity contribution in [3.63, 3.8) is 0 Å².